The molecule has 17 heavy (non-hydrogen) atoms. The predicted molar refractivity (Wildman–Crippen MR) is 74.5 cm³/mol. The maximum Gasteiger partial charge on any atom is 0.207 e. The Hall–Kier alpha value is -0.400. The van der Waals surface area contributed by atoms with Crippen molar-refractivity contribution in [1.82, 2.24) is 0 Å². The summed E-state index contributed by atoms with van der Waals surface area (Å²) in [6.07, 6.45) is 1.36. The zero-order chi connectivity index (χ0) is 12.4. The number of methoxy groups -OCH3 is 2. The maximum atomic E-state index is 12.4. The molecule has 0 aliphatic heterocycles. The fourth-order valence-corrected chi connectivity index (χ4v) is 4.53. The highest BCUT2D eigenvalue weighted by molar-refractivity contribution is 8.00. The van der Waals surface area contributed by atoms with Crippen LogP contribution < -0.4 is 5.43 Å². The van der Waals surface area contributed by atoms with E-state index in [-0.39, 0.29) is 5.43 Å². The number of fused-ring (bicyclic) bond motifs is 1. The second-order valence-electron chi connectivity index (χ2n) is 3.25. The summed E-state index contributed by atoms with van der Waals surface area (Å²) in [6, 6.07) is 1.98. The van der Waals surface area contributed by atoms with E-state index in [9.17, 15) is 4.79 Å². The molecule has 0 amide bonds. The minimum absolute atomic E-state index is 0.0202. The summed E-state index contributed by atoms with van der Waals surface area (Å²) in [6.45, 7) is 0. The van der Waals surface area contributed by atoms with Crippen LogP contribution in [-0.2, 0) is 9.47 Å². The average Bonchev–Trinajstić information content (AvgIpc) is 2.81. The first-order valence-electron chi connectivity index (χ1n) is 4.86. The van der Waals surface area contributed by atoms with E-state index < -0.39 is 6.29 Å². The first-order valence-corrected chi connectivity index (χ1v) is 7.78. The van der Waals surface area contributed by atoms with E-state index in [0.29, 0.717) is 5.56 Å². The Bertz CT molecular complexity index is 569. The van der Waals surface area contributed by atoms with E-state index in [1.807, 2.05) is 17.7 Å². The normalized spacial score (nSPS) is 11.5. The van der Waals surface area contributed by atoms with Crippen LogP contribution in [0.25, 0.3) is 9.40 Å². The lowest BCUT2D eigenvalue weighted by Gasteiger charge is -2.15. The molecule has 2 heterocycles. The number of thioether (sulfide) groups is 1. The molecule has 0 saturated carbocycles. The SMILES string of the molecule is COC(OC)c1c(SC)sc2ccsc2c1=O. The number of ether oxygens (including phenoxy) is 2. The van der Waals surface area contributed by atoms with Crippen LogP contribution in [0.2, 0.25) is 0 Å². The van der Waals surface area contributed by atoms with Gasteiger partial charge in [0.15, 0.2) is 6.29 Å². The second-order valence-corrected chi connectivity index (χ2v) is 6.30. The molecule has 6 heteroatoms. The Labute approximate surface area is 111 Å². The quantitative estimate of drug-likeness (QED) is 0.638. The Kier molecular flexibility index (Phi) is 4.22. The number of hydrogen-bond donors (Lipinski definition) is 0. The van der Waals surface area contributed by atoms with Crippen molar-refractivity contribution in [2.24, 2.45) is 0 Å². The molecule has 0 bridgehead atoms. The molecule has 92 valence electrons. The molecule has 0 radical (unpaired) electrons. The predicted octanol–water partition coefficient (Wildman–Crippen LogP) is 3.34. The zero-order valence-corrected chi connectivity index (χ0v) is 12.1. The van der Waals surface area contributed by atoms with Gasteiger partial charge in [0, 0.05) is 14.2 Å². The van der Waals surface area contributed by atoms with Gasteiger partial charge in [0.05, 0.1) is 19.2 Å². The molecule has 0 N–H and O–H groups in total. The highest BCUT2D eigenvalue weighted by atomic mass is 32.2. The van der Waals surface area contributed by atoms with Crippen LogP contribution in [0.4, 0.5) is 0 Å². The van der Waals surface area contributed by atoms with Gasteiger partial charge >= 0.3 is 0 Å². The van der Waals surface area contributed by atoms with Crippen LogP contribution in [-0.4, -0.2) is 20.5 Å². The van der Waals surface area contributed by atoms with Crippen molar-refractivity contribution in [3.05, 3.63) is 27.2 Å². The zero-order valence-electron chi connectivity index (χ0n) is 9.68. The minimum atomic E-state index is -0.590. The van der Waals surface area contributed by atoms with Gasteiger partial charge in [-0.3, -0.25) is 4.79 Å². The molecular formula is C11H12O3S3. The molecule has 0 saturated heterocycles. The van der Waals surface area contributed by atoms with E-state index >= 15 is 0 Å². The third kappa shape index (κ3) is 2.28. The van der Waals surface area contributed by atoms with Crippen molar-refractivity contribution in [3.8, 4) is 0 Å². The van der Waals surface area contributed by atoms with Crippen LogP contribution in [0.5, 0.6) is 0 Å². The molecule has 3 nitrogen and oxygen atoms in total. The molecule has 0 unspecified atom stereocenters. The van der Waals surface area contributed by atoms with E-state index in [0.717, 1.165) is 13.6 Å². The van der Waals surface area contributed by atoms with Crippen LogP contribution in [0.15, 0.2) is 20.5 Å². The van der Waals surface area contributed by atoms with E-state index in [1.54, 1.807) is 37.3 Å². The molecule has 0 fully saturated rings. The average molecular weight is 288 g/mol. The lowest BCUT2D eigenvalue weighted by molar-refractivity contribution is -0.107. The topological polar surface area (TPSA) is 35.5 Å². The second kappa shape index (κ2) is 5.49. The minimum Gasteiger partial charge on any atom is -0.351 e. The van der Waals surface area contributed by atoms with Gasteiger partial charge in [-0.05, 0) is 17.7 Å². The fraction of sp³-hybridized carbons (Fsp3) is 0.364. The van der Waals surface area contributed by atoms with Gasteiger partial charge in [-0.2, -0.15) is 0 Å². The van der Waals surface area contributed by atoms with Crippen LogP contribution in [0.3, 0.4) is 0 Å². The van der Waals surface area contributed by atoms with Crippen molar-refractivity contribution < 1.29 is 9.47 Å². The summed E-state index contributed by atoms with van der Waals surface area (Å²) in [5, 5.41) is 1.94. The summed E-state index contributed by atoms with van der Waals surface area (Å²) in [4.78, 5) is 12.4. The van der Waals surface area contributed by atoms with E-state index in [4.69, 9.17) is 9.47 Å². The number of rotatable bonds is 4. The lowest BCUT2D eigenvalue weighted by Crippen LogP contribution is -2.16. The van der Waals surface area contributed by atoms with Gasteiger partial charge in [0.1, 0.15) is 0 Å². The highest BCUT2D eigenvalue weighted by Gasteiger charge is 2.21. The molecule has 2 aromatic heterocycles. The summed E-state index contributed by atoms with van der Waals surface area (Å²) in [5.74, 6) is 0. The van der Waals surface area contributed by atoms with Gasteiger partial charge in [-0.15, -0.1) is 34.4 Å². The Morgan fingerprint density at radius 2 is 2.06 bits per heavy atom. The molecule has 0 aliphatic carbocycles. The summed E-state index contributed by atoms with van der Waals surface area (Å²) >= 11 is 4.62. The van der Waals surface area contributed by atoms with Crippen LogP contribution in [0, 0.1) is 0 Å². The van der Waals surface area contributed by atoms with Crippen molar-refractivity contribution in [1.29, 1.82) is 0 Å². The molecular weight excluding hydrogens is 276 g/mol. The third-order valence-electron chi connectivity index (χ3n) is 2.35. The van der Waals surface area contributed by atoms with Gasteiger partial charge in [0.25, 0.3) is 0 Å². The van der Waals surface area contributed by atoms with E-state index in [2.05, 4.69) is 0 Å². The Balaban J connectivity index is 2.74. The summed E-state index contributed by atoms with van der Waals surface area (Å²) in [7, 11) is 3.09. The van der Waals surface area contributed by atoms with Crippen molar-refractivity contribution >= 4 is 43.8 Å². The first-order chi connectivity index (χ1) is 8.22. The lowest BCUT2D eigenvalue weighted by atomic mass is 10.3. The molecule has 0 spiro atoms. The van der Waals surface area contributed by atoms with Crippen LogP contribution >= 0.6 is 34.4 Å². The first kappa shape index (κ1) is 13.0. The highest BCUT2D eigenvalue weighted by Crippen LogP contribution is 2.35. The molecule has 0 atom stereocenters. The van der Waals surface area contributed by atoms with Crippen molar-refractivity contribution in [2.45, 2.75) is 10.5 Å². The largest absolute Gasteiger partial charge is 0.351 e. The molecule has 0 aromatic carbocycles. The third-order valence-corrected chi connectivity index (χ3v) is 5.70. The van der Waals surface area contributed by atoms with Crippen molar-refractivity contribution in [2.75, 3.05) is 20.5 Å². The van der Waals surface area contributed by atoms with Gasteiger partial charge in [0.2, 0.25) is 5.43 Å². The van der Waals surface area contributed by atoms with E-state index in [1.165, 1.54) is 11.3 Å². The fourth-order valence-electron chi connectivity index (χ4n) is 1.60. The summed E-state index contributed by atoms with van der Waals surface area (Å²) < 4.78 is 13.2. The molecule has 2 aromatic rings. The summed E-state index contributed by atoms with van der Waals surface area (Å²) in [5.41, 5.74) is 0.634. The van der Waals surface area contributed by atoms with Crippen LogP contribution in [0.1, 0.15) is 11.9 Å². The van der Waals surface area contributed by atoms with Gasteiger partial charge < -0.3 is 9.47 Å². The maximum absolute atomic E-state index is 12.4. The monoisotopic (exact) mass is 288 g/mol. The standard InChI is InChI=1S/C11H12O3S3/c1-13-10(14-2)7-8(12)9-6(4-5-16-9)17-11(7)15-3/h4-5,10H,1-3H3. The molecule has 0 aliphatic rings. The Morgan fingerprint density at radius 1 is 1.35 bits per heavy atom. The van der Waals surface area contributed by atoms with Crippen molar-refractivity contribution in [3.63, 3.8) is 0 Å². The molecule has 2 rings (SSSR count). The smallest absolute Gasteiger partial charge is 0.207 e. The van der Waals surface area contributed by atoms with Gasteiger partial charge in [-0.1, -0.05) is 0 Å². The van der Waals surface area contributed by atoms with Gasteiger partial charge in [-0.25, -0.2) is 0 Å². The number of thiophene rings is 1. The Morgan fingerprint density at radius 3 is 2.65 bits per heavy atom. The number of hydrogen-bond acceptors (Lipinski definition) is 6.